The number of ketones is 1. The largest absolute Gasteiger partial charge is 0.333 e. The fourth-order valence-corrected chi connectivity index (χ4v) is 2.86. The van der Waals surface area contributed by atoms with E-state index >= 15 is 0 Å². The molecule has 1 heterocycles. The van der Waals surface area contributed by atoms with Gasteiger partial charge >= 0.3 is 0 Å². The number of nitrogens with one attached hydrogen (secondary N) is 1. The van der Waals surface area contributed by atoms with Crippen LogP contribution in [0.4, 0.5) is 8.78 Å². The average molecular weight is 318 g/mol. The van der Waals surface area contributed by atoms with Crippen molar-refractivity contribution in [3.05, 3.63) is 59.2 Å². The Kier molecular flexibility index (Phi) is 3.94. The lowest BCUT2D eigenvalue weighted by Crippen LogP contribution is -2.06. The minimum absolute atomic E-state index is 0.0147. The summed E-state index contributed by atoms with van der Waals surface area (Å²) in [6, 6.07) is 8.66. The molecule has 1 aromatic heterocycles. The molecular weight excluding hydrogens is 306 g/mol. The zero-order valence-electron chi connectivity index (χ0n) is 11.7. The van der Waals surface area contributed by atoms with Gasteiger partial charge in [0.05, 0.1) is 22.3 Å². The molecule has 0 saturated carbocycles. The monoisotopic (exact) mass is 318 g/mol. The van der Waals surface area contributed by atoms with Crippen molar-refractivity contribution in [1.29, 1.82) is 0 Å². The second-order valence-corrected chi connectivity index (χ2v) is 5.86. The van der Waals surface area contributed by atoms with Gasteiger partial charge in [0.1, 0.15) is 11.6 Å². The Balaban J connectivity index is 1.75. The van der Waals surface area contributed by atoms with Gasteiger partial charge in [-0.2, -0.15) is 0 Å². The number of Topliss-reactive ketones (excluding diaryl/α,β-unsaturated/α-hetero) is 1. The SMILES string of the molecule is Cc1ccc2nc(SCC(=O)c3cc(F)ccc3F)[nH]c2c1. The van der Waals surface area contributed by atoms with Gasteiger partial charge in [-0.3, -0.25) is 4.79 Å². The van der Waals surface area contributed by atoms with E-state index in [0.29, 0.717) is 5.16 Å². The number of hydrogen-bond donors (Lipinski definition) is 1. The van der Waals surface area contributed by atoms with Gasteiger partial charge < -0.3 is 4.98 Å². The number of halogens is 2. The number of aromatic nitrogens is 2. The highest BCUT2D eigenvalue weighted by molar-refractivity contribution is 7.99. The number of nitrogens with zero attached hydrogens (tertiary/aromatic N) is 1. The first-order valence-corrected chi connectivity index (χ1v) is 7.59. The highest BCUT2D eigenvalue weighted by Crippen LogP contribution is 2.22. The molecule has 6 heteroatoms. The third kappa shape index (κ3) is 3.01. The standard InChI is InChI=1S/C16H12F2N2OS/c1-9-2-5-13-14(6-9)20-16(19-13)22-8-15(21)11-7-10(17)3-4-12(11)18/h2-7H,8H2,1H3,(H,19,20). The van der Waals surface area contributed by atoms with E-state index in [2.05, 4.69) is 9.97 Å². The van der Waals surface area contributed by atoms with Gasteiger partial charge in [0, 0.05) is 0 Å². The maximum atomic E-state index is 13.5. The predicted molar refractivity (Wildman–Crippen MR) is 82.2 cm³/mol. The van der Waals surface area contributed by atoms with Gasteiger partial charge in [-0.15, -0.1) is 0 Å². The van der Waals surface area contributed by atoms with Gasteiger partial charge in [0.2, 0.25) is 0 Å². The molecule has 0 aliphatic heterocycles. The molecular formula is C16H12F2N2OS. The molecule has 3 aromatic rings. The number of H-pyrrole nitrogens is 1. The molecule has 3 rings (SSSR count). The lowest BCUT2D eigenvalue weighted by Gasteiger charge is -2.01. The summed E-state index contributed by atoms with van der Waals surface area (Å²) in [5.41, 5.74) is 2.55. The number of rotatable bonds is 4. The fraction of sp³-hybridized carbons (Fsp3) is 0.125. The summed E-state index contributed by atoms with van der Waals surface area (Å²) in [6.45, 7) is 1.98. The summed E-state index contributed by atoms with van der Waals surface area (Å²) in [6.07, 6.45) is 0. The van der Waals surface area contributed by atoms with E-state index in [1.54, 1.807) is 0 Å². The molecule has 0 bridgehead atoms. The van der Waals surface area contributed by atoms with Gasteiger partial charge in [-0.05, 0) is 42.8 Å². The highest BCUT2D eigenvalue weighted by Gasteiger charge is 2.14. The van der Waals surface area contributed by atoms with Gasteiger partial charge in [0.25, 0.3) is 0 Å². The topological polar surface area (TPSA) is 45.8 Å². The predicted octanol–water partition coefficient (Wildman–Crippen LogP) is 4.12. The molecule has 2 aromatic carbocycles. The van der Waals surface area contributed by atoms with Crippen molar-refractivity contribution in [1.82, 2.24) is 9.97 Å². The number of carbonyl (C=O) groups is 1. The Morgan fingerprint density at radius 1 is 1.23 bits per heavy atom. The van der Waals surface area contributed by atoms with Gasteiger partial charge in [-0.25, -0.2) is 13.8 Å². The molecule has 1 N–H and O–H groups in total. The van der Waals surface area contributed by atoms with Crippen molar-refractivity contribution in [3.63, 3.8) is 0 Å². The van der Waals surface area contributed by atoms with Crippen LogP contribution in [0, 0.1) is 18.6 Å². The van der Waals surface area contributed by atoms with E-state index in [4.69, 9.17) is 0 Å². The molecule has 0 aliphatic carbocycles. The van der Waals surface area contributed by atoms with Crippen molar-refractivity contribution in [2.75, 3.05) is 5.75 Å². The highest BCUT2D eigenvalue weighted by atomic mass is 32.2. The molecule has 22 heavy (non-hydrogen) atoms. The molecule has 0 unspecified atom stereocenters. The van der Waals surface area contributed by atoms with Gasteiger partial charge in [-0.1, -0.05) is 17.8 Å². The number of aryl methyl sites for hydroxylation is 1. The van der Waals surface area contributed by atoms with Crippen molar-refractivity contribution >= 4 is 28.6 Å². The lowest BCUT2D eigenvalue weighted by atomic mass is 10.1. The van der Waals surface area contributed by atoms with Crippen molar-refractivity contribution in [2.24, 2.45) is 0 Å². The van der Waals surface area contributed by atoms with Crippen LogP contribution in [0.1, 0.15) is 15.9 Å². The van der Waals surface area contributed by atoms with Crippen molar-refractivity contribution < 1.29 is 13.6 Å². The van der Waals surface area contributed by atoms with Crippen LogP contribution in [0.15, 0.2) is 41.6 Å². The van der Waals surface area contributed by atoms with E-state index in [9.17, 15) is 13.6 Å². The molecule has 0 radical (unpaired) electrons. The zero-order chi connectivity index (χ0) is 15.7. The first kappa shape index (κ1) is 14.7. The zero-order valence-corrected chi connectivity index (χ0v) is 12.5. The molecule has 3 nitrogen and oxygen atoms in total. The van der Waals surface area contributed by atoms with E-state index in [-0.39, 0.29) is 11.3 Å². The molecule has 0 atom stereocenters. The Hall–Kier alpha value is -2.21. The first-order valence-electron chi connectivity index (χ1n) is 6.60. The van der Waals surface area contributed by atoms with Crippen LogP contribution in [-0.4, -0.2) is 21.5 Å². The maximum absolute atomic E-state index is 13.5. The molecule has 0 spiro atoms. The Bertz CT molecular complexity index is 860. The number of fused-ring (bicyclic) bond motifs is 1. The van der Waals surface area contributed by atoms with Crippen LogP contribution in [0.3, 0.4) is 0 Å². The Morgan fingerprint density at radius 3 is 2.86 bits per heavy atom. The molecule has 0 saturated heterocycles. The van der Waals surface area contributed by atoms with Crippen LogP contribution in [0.5, 0.6) is 0 Å². The number of imidazole rings is 1. The average Bonchev–Trinajstić information content (AvgIpc) is 2.89. The first-order chi connectivity index (χ1) is 10.5. The third-order valence-electron chi connectivity index (χ3n) is 3.18. The number of hydrogen-bond acceptors (Lipinski definition) is 3. The van der Waals surface area contributed by atoms with Crippen LogP contribution < -0.4 is 0 Å². The molecule has 112 valence electrons. The minimum Gasteiger partial charge on any atom is -0.333 e. The fourth-order valence-electron chi connectivity index (χ4n) is 2.09. The van der Waals surface area contributed by atoms with E-state index < -0.39 is 17.4 Å². The summed E-state index contributed by atoms with van der Waals surface area (Å²) < 4.78 is 26.6. The third-order valence-corrected chi connectivity index (χ3v) is 4.06. The van der Waals surface area contributed by atoms with Crippen LogP contribution in [-0.2, 0) is 0 Å². The molecule has 0 amide bonds. The van der Waals surface area contributed by atoms with E-state index in [0.717, 1.165) is 46.6 Å². The lowest BCUT2D eigenvalue weighted by molar-refractivity contribution is 0.101. The molecule has 0 aliphatic rings. The summed E-state index contributed by atoms with van der Waals surface area (Å²) in [4.78, 5) is 19.4. The number of aromatic amines is 1. The smallest absolute Gasteiger partial charge is 0.176 e. The van der Waals surface area contributed by atoms with Crippen LogP contribution in [0.2, 0.25) is 0 Å². The second-order valence-electron chi connectivity index (χ2n) is 4.90. The van der Waals surface area contributed by atoms with E-state index in [1.165, 1.54) is 0 Å². The van der Waals surface area contributed by atoms with E-state index in [1.807, 2.05) is 25.1 Å². The number of benzene rings is 2. The summed E-state index contributed by atoms with van der Waals surface area (Å²) in [5, 5.41) is 0.575. The molecule has 0 fully saturated rings. The normalized spacial score (nSPS) is 11.0. The van der Waals surface area contributed by atoms with Crippen molar-refractivity contribution in [3.8, 4) is 0 Å². The van der Waals surface area contributed by atoms with Gasteiger partial charge in [0.15, 0.2) is 10.9 Å². The summed E-state index contributed by atoms with van der Waals surface area (Å²) in [5.74, 6) is -1.83. The second kappa shape index (κ2) is 5.88. The number of thioether (sulfide) groups is 1. The quantitative estimate of drug-likeness (QED) is 0.581. The van der Waals surface area contributed by atoms with Crippen molar-refractivity contribution in [2.45, 2.75) is 12.1 Å². The van der Waals surface area contributed by atoms with Crippen LogP contribution in [0.25, 0.3) is 11.0 Å². The summed E-state index contributed by atoms with van der Waals surface area (Å²) in [7, 11) is 0. The summed E-state index contributed by atoms with van der Waals surface area (Å²) >= 11 is 1.16. The maximum Gasteiger partial charge on any atom is 0.176 e. The Labute approximate surface area is 129 Å². The van der Waals surface area contributed by atoms with Crippen LogP contribution >= 0.6 is 11.8 Å². The Morgan fingerprint density at radius 2 is 2.05 bits per heavy atom. The number of carbonyl (C=O) groups excluding carboxylic acids is 1. The minimum atomic E-state index is -0.716.